The lowest BCUT2D eigenvalue weighted by atomic mass is 10.1. The Kier molecular flexibility index (Phi) is 6.42. The Morgan fingerprint density at radius 1 is 1.33 bits per heavy atom. The maximum atomic E-state index is 13.9. The molecule has 21 heavy (non-hydrogen) atoms. The van der Waals surface area contributed by atoms with Crippen molar-refractivity contribution in [3.63, 3.8) is 0 Å². The fourth-order valence-electron chi connectivity index (χ4n) is 1.69. The van der Waals surface area contributed by atoms with Crippen molar-refractivity contribution in [1.29, 1.82) is 0 Å². The predicted octanol–water partition coefficient (Wildman–Crippen LogP) is 3.19. The third-order valence-electron chi connectivity index (χ3n) is 2.92. The van der Waals surface area contributed by atoms with Crippen molar-refractivity contribution in [2.75, 3.05) is 13.2 Å². The lowest BCUT2D eigenvalue weighted by Crippen LogP contribution is -2.34. The van der Waals surface area contributed by atoms with Gasteiger partial charge in [0.05, 0.1) is 0 Å². The number of aliphatic hydroxyl groups excluding tert-OH is 1. The maximum absolute atomic E-state index is 13.9. The Bertz CT molecular complexity index is 451. The van der Waals surface area contributed by atoms with Gasteiger partial charge in [0.2, 0.25) is 0 Å². The first-order valence-corrected chi connectivity index (χ1v) is 6.66. The molecule has 0 aliphatic rings. The van der Waals surface area contributed by atoms with E-state index < -0.39 is 24.7 Å². The first kappa shape index (κ1) is 17.7. The molecule has 3 nitrogen and oxygen atoms in total. The van der Waals surface area contributed by atoms with E-state index in [1.807, 2.05) is 6.92 Å². The summed E-state index contributed by atoms with van der Waals surface area (Å²) in [6.07, 6.45) is -6.44. The van der Waals surface area contributed by atoms with Crippen LogP contribution < -0.4 is 10.1 Å². The van der Waals surface area contributed by atoms with E-state index in [2.05, 4.69) is 5.32 Å². The van der Waals surface area contributed by atoms with E-state index in [4.69, 9.17) is 9.84 Å². The van der Waals surface area contributed by atoms with Gasteiger partial charge in [0, 0.05) is 17.7 Å². The molecule has 0 saturated heterocycles. The average Bonchev–Trinajstić information content (AvgIpc) is 2.41. The summed E-state index contributed by atoms with van der Waals surface area (Å²) in [5, 5.41) is 11.9. The van der Waals surface area contributed by atoms with Crippen molar-refractivity contribution in [1.82, 2.24) is 5.32 Å². The van der Waals surface area contributed by atoms with E-state index in [1.54, 1.807) is 6.92 Å². The quantitative estimate of drug-likeness (QED) is 0.760. The molecular weight excluding hydrogens is 290 g/mol. The molecule has 0 aliphatic carbocycles. The molecule has 1 aromatic carbocycles. The van der Waals surface area contributed by atoms with E-state index in [9.17, 15) is 17.6 Å². The molecule has 120 valence electrons. The number of rotatable bonds is 7. The molecule has 0 fully saturated rings. The van der Waals surface area contributed by atoms with Crippen LogP contribution in [0.5, 0.6) is 5.75 Å². The summed E-state index contributed by atoms with van der Waals surface area (Å²) < 4.78 is 55.0. The van der Waals surface area contributed by atoms with Crippen LogP contribution in [0.2, 0.25) is 0 Å². The van der Waals surface area contributed by atoms with E-state index in [-0.39, 0.29) is 11.8 Å². The third kappa shape index (κ3) is 5.51. The molecule has 0 amide bonds. The van der Waals surface area contributed by atoms with E-state index in [0.717, 1.165) is 19.0 Å². The number of hydrogen-bond donors (Lipinski definition) is 2. The molecule has 0 aliphatic heterocycles. The van der Waals surface area contributed by atoms with Gasteiger partial charge >= 0.3 is 6.18 Å². The van der Waals surface area contributed by atoms with Crippen LogP contribution in [0.4, 0.5) is 17.6 Å². The van der Waals surface area contributed by atoms with Gasteiger partial charge in [-0.3, -0.25) is 0 Å². The Morgan fingerprint density at radius 3 is 2.52 bits per heavy atom. The first-order chi connectivity index (χ1) is 9.75. The Balaban J connectivity index is 2.65. The molecule has 1 aromatic rings. The van der Waals surface area contributed by atoms with Crippen LogP contribution in [0.15, 0.2) is 18.2 Å². The van der Waals surface area contributed by atoms with E-state index in [0.29, 0.717) is 5.56 Å². The summed E-state index contributed by atoms with van der Waals surface area (Å²) in [5.74, 6) is -0.618. The number of benzene rings is 1. The van der Waals surface area contributed by atoms with E-state index >= 15 is 0 Å². The Labute approximate surface area is 120 Å². The van der Waals surface area contributed by atoms with Crippen LogP contribution >= 0.6 is 0 Å². The summed E-state index contributed by atoms with van der Waals surface area (Å²) in [7, 11) is 0. The molecule has 0 bridgehead atoms. The van der Waals surface area contributed by atoms with Crippen molar-refractivity contribution >= 4 is 0 Å². The number of halogens is 4. The molecule has 7 heteroatoms. The van der Waals surface area contributed by atoms with Gasteiger partial charge in [-0.2, -0.15) is 13.2 Å². The normalized spacial score (nSPS) is 14.8. The van der Waals surface area contributed by atoms with Gasteiger partial charge in [0.15, 0.2) is 6.10 Å². The molecule has 0 spiro atoms. The van der Waals surface area contributed by atoms with Crippen molar-refractivity contribution < 1.29 is 27.4 Å². The predicted molar refractivity (Wildman–Crippen MR) is 70.7 cm³/mol. The van der Waals surface area contributed by atoms with Crippen LogP contribution in [0.3, 0.4) is 0 Å². The van der Waals surface area contributed by atoms with Gasteiger partial charge in [-0.05, 0) is 26.0 Å². The highest BCUT2D eigenvalue weighted by molar-refractivity contribution is 5.30. The summed E-state index contributed by atoms with van der Waals surface area (Å²) in [6, 6.07) is 3.64. The van der Waals surface area contributed by atoms with Gasteiger partial charge in [-0.15, -0.1) is 0 Å². The number of nitrogens with one attached hydrogen (secondary N) is 1. The molecule has 2 atom stereocenters. The van der Waals surface area contributed by atoms with Crippen molar-refractivity contribution in [2.24, 2.45) is 0 Å². The van der Waals surface area contributed by atoms with E-state index in [1.165, 1.54) is 12.1 Å². The van der Waals surface area contributed by atoms with Crippen LogP contribution in [0.25, 0.3) is 0 Å². The minimum Gasteiger partial charge on any atom is -0.490 e. The molecule has 0 radical (unpaired) electrons. The molecule has 0 saturated carbocycles. The largest absolute Gasteiger partial charge is 0.490 e. The molecular formula is C14H19F4NO2. The van der Waals surface area contributed by atoms with Gasteiger partial charge in [0.1, 0.15) is 18.2 Å². The number of aliphatic hydroxyl groups is 1. The lowest BCUT2D eigenvalue weighted by Gasteiger charge is -2.17. The molecule has 0 heterocycles. The fourth-order valence-corrected chi connectivity index (χ4v) is 1.69. The minimum absolute atomic E-state index is 0.0535. The number of hydrogen-bond acceptors (Lipinski definition) is 3. The summed E-state index contributed by atoms with van der Waals surface area (Å²) in [6.45, 7) is 3.55. The summed E-state index contributed by atoms with van der Waals surface area (Å²) in [4.78, 5) is 0. The second-order valence-corrected chi connectivity index (χ2v) is 4.73. The standard InChI is InChI=1S/C14H19F4NO2/c1-3-6-19-9(2)11-5-4-10(7-12(11)15)21-8-13(20)14(16,17)18/h4-5,7,9,13,19-20H,3,6,8H2,1-2H3. The fraction of sp³-hybridized carbons (Fsp3) is 0.571. The van der Waals surface area contributed by atoms with Gasteiger partial charge in [-0.25, -0.2) is 4.39 Å². The second kappa shape index (κ2) is 7.61. The van der Waals surface area contributed by atoms with Gasteiger partial charge in [-0.1, -0.05) is 13.0 Å². The third-order valence-corrected chi connectivity index (χ3v) is 2.92. The van der Waals surface area contributed by atoms with Crippen molar-refractivity contribution in [2.45, 2.75) is 38.6 Å². The molecule has 2 N–H and O–H groups in total. The molecule has 2 unspecified atom stereocenters. The minimum atomic E-state index is -4.75. The number of ether oxygens (including phenoxy) is 1. The van der Waals surface area contributed by atoms with Crippen LogP contribution in [0.1, 0.15) is 31.9 Å². The number of alkyl halides is 3. The zero-order valence-corrected chi connectivity index (χ0v) is 11.9. The highest BCUT2D eigenvalue weighted by atomic mass is 19.4. The topological polar surface area (TPSA) is 41.5 Å². The SMILES string of the molecule is CCCNC(C)c1ccc(OCC(O)C(F)(F)F)cc1F. The van der Waals surface area contributed by atoms with Crippen molar-refractivity contribution in [3.05, 3.63) is 29.6 Å². The Hall–Kier alpha value is -1.34. The van der Waals surface area contributed by atoms with Crippen molar-refractivity contribution in [3.8, 4) is 5.75 Å². The molecule has 1 rings (SSSR count). The summed E-state index contributed by atoms with van der Waals surface area (Å²) in [5.41, 5.74) is 0.409. The van der Waals surface area contributed by atoms with Crippen LogP contribution in [-0.4, -0.2) is 30.5 Å². The lowest BCUT2D eigenvalue weighted by molar-refractivity contribution is -0.210. The van der Waals surface area contributed by atoms with Gasteiger partial charge in [0.25, 0.3) is 0 Å². The second-order valence-electron chi connectivity index (χ2n) is 4.73. The van der Waals surface area contributed by atoms with Crippen LogP contribution in [0, 0.1) is 5.82 Å². The monoisotopic (exact) mass is 309 g/mol. The Morgan fingerprint density at radius 2 is 2.00 bits per heavy atom. The summed E-state index contributed by atoms with van der Waals surface area (Å²) >= 11 is 0. The zero-order chi connectivity index (χ0) is 16.0. The maximum Gasteiger partial charge on any atom is 0.417 e. The van der Waals surface area contributed by atoms with Crippen LogP contribution in [-0.2, 0) is 0 Å². The first-order valence-electron chi connectivity index (χ1n) is 6.66. The highest BCUT2D eigenvalue weighted by Crippen LogP contribution is 2.24. The average molecular weight is 309 g/mol. The van der Waals surface area contributed by atoms with Gasteiger partial charge < -0.3 is 15.2 Å². The molecule has 0 aromatic heterocycles. The highest BCUT2D eigenvalue weighted by Gasteiger charge is 2.38. The smallest absolute Gasteiger partial charge is 0.417 e. The zero-order valence-electron chi connectivity index (χ0n) is 11.9.